The number of rotatable bonds is 9. The molecule has 0 radical (unpaired) electrons. The summed E-state index contributed by atoms with van der Waals surface area (Å²) in [6.45, 7) is 8.45. The van der Waals surface area contributed by atoms with E-state index < -0.39 is 13.8 Å². The van der Waals surface area contributed by atoms with E-state index in [4.69, 9.17) is 9.47 Å². The molecule has 0 bridgehead atoms. The standard InChI is InChI=1S/C22H30FO4P/c1-15(2)20-10-18(6-7-22(20)27-14-26-5)11-21-16(3)8-19(9-17(21)4)12-28(24,25)13-23/h6-10,15H,11-14H2,1-5H3,(H,24,25). The van der Waals surface area contributed by atoms with Gasteiger partial charge in [0, 0.05) is 7.11 Å². The Morgan fingerprint density at radius 2 is 1.75 bits per heavy atom. The average Bonchev–Trinajstić information content (AvgIpc) is 2.63. The first-order chi connectivity index (χ1) is 13.2. The molecule has 0 aliphatic carbocycles. The summed E-state index contributed by atoms with van der Waals surface area (Å²) in [5.41, 5.74) is 6.26. The van der Waals surface area contributed by atoms with Gasteiger partial charge >= 0.3 is 0 Å². The highest BCUT2D eigenvalue weighted by atomic mass is 31.2. The Morgan fingerprint density at radius 3 is 2.29 bits per heavy atom. The van der Waals surface area contributed by atoms with Gasteiger partial charge in [-0.2, -0.15) is 0 Å². The van der Waals surface area contributed by atoms with Gasteiger partial charge in [-0.25, -0.2) is 4.39 Å². The lowest BCUT2D eigenvalue weighted by molar-refractivity contribution is 0.0502. The van der Waals surface area contributed by atoms with E-state index in [1.165, 1.54) is 11.1 Å². The van der Waals surface area contributed by atoms with Crippen LogP contribution < -0.4 is 4.74 Å². The maximum absolute atomic E-state index is 12.7. The number of hydrogen-bond acceptors (Lipinski definition) is 3. The quantitative estimate of drug-likeness (QED) is 0.427. The summed E-state index contributed by atoms with van der Waals surface area (Å²) in [5.74, 6) is 1.14. The minimum absolute atomic E-state index is 0.130. The second-order valence-electron chi connectivity index (χ2n) is 7.59. The smallest absolute Gasteiger partial charge is 0.234 e. The third kappa shape index (κ3) is 5.91. The summed E-state index contributed by atoms with van der Waals surface area (Å²) in [4.78, 5) is 9.59. The molecule has 0 heterocycles. The number of ether oxygens (including phenoxy) is 2. The highest BCUT2D eigenvalue weighted by Crippen LogP contribution is 2.44. The molecule has 0 saturated heterocycles. The number of aryl methyl sites for hydroxylation is 2. The molecule has 0 fully saturated rings. The summed E-state index contributed by atoms with van der Waals surface area (Å²) >= 11 is 0. The molecule has 1 unspecified atom stereocenters. The molecule has 2 aromatic rings. The summed E-state index contributed by atoms with van der Waals surface area (Å²) in [5, 5.41) is 0. The van der Waals surface area contributed by atoms with E-state index in [2.05, 4.69) is 26.0 Å². The molecule has 0 spiro atoms. The zero-order chi connectivity index (χ0) is 20.9. The summed E-state index contributed by atoms with van der Waals surface area (Å²) in [7, 11) is -2.14. The minimum atomic E-state index is -3.74. The zero-order valence-electron chi connectivity index (χ0n) is 17.3. The molecular weight excluding hydrogens is 378 g/mol. The Hall–Kier alpha value is -1.68. The van der Waals surface area contributed by atoms with Crippen molar-refractivity contribution in [1.29, 1.82) is 0 Å². The molecule has 154 valence electrons. The van der Waals surface area contributed by atoms with Crippen molar-refractivity contribution in [3.63, 3.8) is 0 Å². The molecule has 1 atom stereocenters. The Kier molecular flexibility index (Phi) is 7.82. The van der Waals surface area contributed by atoms with Crippen molar-refractivity contribution in [2.24, 2.45) is 0 Å². The highest BCUT2D eigenvalue weighted by Gasteiger charge is 2.19. The first-order valence-electron chi connectivity index (χ1n) is 9.37. The minimum Gasteiger partial charge on any atom is -0.467 e. The zero-order valence-corrected chi connectivity index (χ0v) is 18.2. The number of methoxy groups -OCH3 is 1. The van der Waals surface area contributed by atoms with Gasteiger partial charge in [0.2, 0.25) is 7.37 Å². The van der Waals surface area contributed by atoms with Crippen molar-refractivity contribution in [1.82, 2.24) is 0 Å². The summed E-state index contributed by atoms with van der Waals surface area (Å²) < 4.78 is 35.1. The number of hydrogen-bond donors (Lipinski definition) is 1. The number of alkyl halides is 1. The van der Waals surface area contributed by atoms with Gasteiger partial charge in [-0.1, -0.05) is 38.1 Å². The van der Waals surface area contributed by atoms with Crippen LogP contribution in [0.15, 0.2) is 30.3 Å². The molecule has 2 rings (SSSR count). The molecule has 28 heavy (non-hydrogen) atoms. The molecule has 0 aromatic heterocycles. The van der Waals surface area contributed by atoms with Gasteiger partial charge in [-0.15, -0.1) is 0 Å². The third-order valence-corrected chi connectivity index (χ3v) is 6.01. The molecule has 0 aliphatic rings. The van der Waals surface area contributed by atoms with Crippen LogP contribution in [-0.2, 0) is 21.9 Å². The second-order valence-corrected chi connectivity index (χ2v) is 9.83. The lowest BCUT2D eigenvalue weighted by Crippen LogP contribution is -2.04. The van der Waals surface area contributed by atoms with Crippen LogP contribution in [0, 0.1) is 13.8 Å². The predicted octanol–water partition coefficient (Wildman–Crippen LogP) is 5.70. The Balaban J connectivity index is 2.30. The van der Waals surface area contributed by atoms with Crippen LogP contribution in [0.4, 0.5) is 4.39 Å². The molecule has 2 aromatic carbocycles. The lowest BCUT2D eigenvalue weighted by atomic mass is 9.92. The monoisotopic (exact) mass is 408 g/mol. The van der Waals surface area contributed by atoms with Gasteiger partial charge in [0.15, 0.2) is 13.2 Å². The number of benzene rings is 2. The maximum atomic E-state index is 12.7. The van der Waals surface area contributed by atoms with Gasteiger partial charge in [0.05, 0.1) is 6.16 Å². The highest BCUT2D eigenvalue weighted by molar-refractivity contribution is 7.56. The van der Waals surface area contributed by atoms with Crippen LogP contribution in [0.25, 0.3) is 0 Å². The van der Waals surface area contributed by atoms with Crippen LogP contribution >= 0.6 is 7.37 Å². The largest absolute Gasteiger partial charge is 0.467 e. The van der Waals surface area contributed by atoms with Gasteiger partial charge < -0.3 is 14.4 Å². The average molecular weight is 408 g/mol. The molecule has 1 N–H and O–H groups in total. The fourth-order valence-corrected chi connectivity index (χ4v) is 4.24. The maximum Gasteiger partial charge on any atom is 0.234 e. The van der Waals surface area contributed by atoms with Crippen LogP contribution in [0.1, 0.15) is 53.1 Å². The van der Waals surface area contributed by atoms with Gasteiger partial charge in [-0.05, 0) is 65.6 Å². The van der Waals surface area contributed by atoms with E-state index in [-0.39, 0.29) is 13.0 Å². The third-order valence-electron chi connectivity index (χ3n) is 4.78. The second kappa shape index (κ2) is 9.69. The van der Waals surface area contributed by atoms with Crippen molar-refractivity contribution in [2.75, 3.05) is 20.3 Å². The normalized spacial score (nSPS) is 13.6. The first kappa shape index (κ1) is 22.6. The van der Waals surface area contributed by atoms with Crippen molar-refractivity contribution in [3.8, 4) is 5.75 Å². The van der Waals surface area contributed by atoms with Gasteiger partial charge in [0.25, 0.3) is 0 Å². The van der Waals surface area contributed by atoms with E-state index in [1.54, 1.807) is 7.11 Å². The topological polar surface area (TPSA) is 55.8 Å². The van der Waals surface area contributed by atoms with Crippen LogP contribution in [-0.4, -0.2) is 25.2 Å². The Morgan fingerprint density at radius 1 is 1.11 bits per heavy atom. The summed E-state index contributed by atoms with van der Waals surface area (Å²) in [6, 6.07) is 9.97. The predicted molar refractivity (Wildman–Crippen MR) is 111 cm³/mol. The lowest BCUT2D eigenvalue weighted by Gasteiger charge is -2.17. The molecular formula is C22H30FO4P. The van der Waals surface area contributed by atoms with E-state index in [0.717, 1.165) is 28.9 Å². The van der Waals surface area contributed by atoms with E-state index in [1.807, 2.05) is 32.0 Å². The Bertz CT molecular complexity index is 841. The first-order valence-corrected chi connectivity index (χ1v) is 11.4. The van der Waals surface area contributed by atoms with Crippen LogP contribution in [0.2, 0.25) is 0 Å². The fourth-order valence-electron chi connectivity index (χ4n) is 3.40. The molecule has 6 heteroatoms. The fraction of sp³-hybridized carbons (Fsp3) is 0.455. The molecule has 4 nitrogen and oxygen atoms in total. The van der Waals surface area contributed by atoms with Crippen LogP contribution in [0.3, 0.4) is 0 Å². The van der Waals surface area contributed by atoms with Crippen molar-refractivity contribution in [2.45, 2.75) is 46.2 Å². The van der Waals surface area contributed by atoms with E-state index in [9.17, 15) is 13.8 Å². The van der Waals surface area contributed by atoms with E-state index in [0.29, 0.717) is 11.5 Å². The molecule has 0 amide bonds. The number of halogens is 1. The van der Waals surface area contributed by atoms with Crippen LogP contribution in [0.5, 0.6) is 5.75 Å². The Labute approximate surface area is 167 Å². The summed E-state index contributed by atoms with van der Waals surface area (Å²) in [6.07, 6.45) is -0.571. The molecule has 0 saturated carbocycles. The van der Waals surface area contributed by atoms with Gasteiger partial charge in [0.1, 0.15) is 5.75 Å². The van der Waals surface area contributed by atoms with Crippen molar-refractivity contribution >= 4 is 7.37 Å². The van der Waals surface area contributed by atoms with Crippen molar-refractivity contribution < 1.29 is 23.3 Å². The van der Waals surface area contributed by atoms with E-state index >= 15 is 0 Å². The van der Waals surface area contributed by atoms with Crippen molar-refractivity contribution in [3.05, 3.63) is 63.7 Å². The SMILES string of the molecule is COCOc1ccc(Cc2c(C)cc(CP(=O)(O)CF)cc2C)cc1C(C)C. The van der Waals surface area contributed by atoms with Gasteiger partial charge in [-0.3, -0.25) is 4.57 Å². The molecule has 0 aliphatic heterocycles.